The van der Waals surface area contributed by atoms with E-state index in [1.807, 2.05) is 36.1 Å². The predicted molar refractivity (Wildman–Crippen MR) is 87.2 cm³/mol. The van der Waals surface area contributed by atoms with Crippen LogP contribution in [-0.2, 0) is 11.2 Å². The second kappa shape index (κ2) is 7.31. The third-order valence-corrected chi connectivity index (χ3v) is 4.01. The van der Waals surface area contributed by atoms with Crippen LogP contribution >= 0.6 is 0 Å². The van der Waals surface area contributed by atoms with E-state index in [0.29, 0.717) is 25.3 Å². The molecule has 2 heterocycles. The van der Waals surface area contributed by atoms with Crippen molar-refractivity contribution in [2.24, 2.45) is 0 Å². The summed E-state index contributed by atoms with van der Waals surface area (Å²) in [4.78, 5) is 18.2. The fourth-order valence-corrected chi connectivity index (χ4v) is 2.78. The molecule has 0 aliphatic carbocycles. The molecular formula is C18H22N2O3. The molecule has 0 N–H and O–H groups in total. The van der Waals surface area contributed by atoms with Gasteiger partial charge in [0.15, 0.2) is 11.7 Å². The zero-order valence-corrected chi connectivity index (χ0v) is 13.5. The molecular weight excluding hydrogens is 292 g/mol. The smallest absolute Gasteiger partial charge is 0.223 e. The number of carbonyl (C=O) groups is 1. The normalized spacial score (nSPS) is 14.2. The van der Waals surface area contributed by atoms with Crippen molar-refractivity contribution in [3.8, 4) is 17.1 Å². The first-order valence-electron chi connectivity index (χ1n) is 8.22. The lowest BCUT2D eigenvalue weighted by atomic mass is 10.2. The van der Waals surface area contributed by atoms with E-state index in [0.717, 1.165) is 43.0 Å². The summed E-state index contributed by atoms with van der Waals surface area (Å²) in [6, 6.07) is 7.73. The van der Waals surface area contributed by atoms with Gasteiger partial charge < -0.3 is 14.1 Å². The molecule has 1 saturated heterocycles. The monoisotopic (exact) mass is 314 g/mol. The van der Waals surface area contributed by atoms with Crippen LogP contribution in [0.1, 0.15) is 32.1 Å². The molecule has 1 aromatic heterocycles. The number of nitrogens with zero attached hydrogens (tertiary/aromatic N) is 2. The first-order chi connectivity index (χ1) is 11.3. The molecule has 1 aliphatic heterocycles. The number of carbonyl (C=O) groups excluding carboxylic acids is 1. The van der Waals surface area contributed by atoms with Gasteiger partial charge in [-0.15, -0.1) is 0 Å². The summed E-state index contributed by atoms with van der Waals surface area (Å²) in [6.45, 7) is 4.39. The summed E-state index contributed by atoms with van der Waals surface area (Å²) in [5.41, 5.74) is 0.957. The fourth-order valence-electron chi connectivity index (χ4n) is 2.78. The lowest BCUT2D eigenvalue weighted by Crippen LogP contribution is -2.27. The first-order valence-corrected chi connectivity index (χ1v) is 8.22. The highest BCUT2D eigenvalue weighted by Crippen LogP contribution is 2.23. The molecule has 1 aromatic carbocycles. The molecule has 0 radical (unpaired) electrons. The van der Waals surface area contributed by atoms with Crippen LogP contribution in [0.3, 0.4) is 0 Å². The molecule has 0 bridgehead atoms. The van der Waals surface area contributed by atoms with Crippen LogP contribution in [0.5, 0.6) is 5.75 Å². The van der Waals surface area contributed by atoms with Gasteiger partial charge in [0.1, 0.15) is 5.75 Å². The van der Waals surface area contributed by atoms with Crippen molar-refractivity contribution in [3.63, 3.8) is 0 Å². The number of aryl methyl sites for hydroxylation is 1. The summed E-state index contributed by atoms with van der Waals surface area (Å²) >= 11 is 0. The number of hydrogen-bond acceptors (Lipinski definition) is 4. The van der Waals surface area contributed by atoms with Crippen molar-refractivity contribution in [2.75, 3.05) is 19.7 Å². The number of rotatable bonds is 6. The summed E-state index contributed by atoms with van der Waals surface area (Å²) < 4.78 is 11.2. The highest BCUT2D eigenvalue weighted by molar-refractivity contribution is 5.76. The molecule has 0 unspecified atom stereocenters. The Morgan fingerprint density at radius 1 is 1.26 bits per heavy atom. The van der Waals surface area contributed by atoms with E-state index in [2.05, 4.69) is 4.98 Å². The van der Waals surface area contributed by atoms with Crippen molar-refractivity contribution in [3.05, 3.63) is 36.4 Å². The molecule has 3 rings (SSSR count). The average molecular weight is 314 g/mol. The van der Waals surface area contributed by atoms with Crippen molar-refractivity contribution in [1.82, 2.24) is 9.88 Å². The van der Waals surface area contributed by atoms with Crippen LogP contribution < -0.4 is 4.74 Å². The maximum absolute atomic E-state index is 12.0. The van der Waals surface area contributed by atoms with Gasteiger partial charge in [-0.25, -0.2) is 4.98 Å². The van der Waals surface area contributed by atoms with Crippen LogP contribution in [0.25, 0.3) is 11.3 Å². The highest BCUT2D eigenvalue weighted by Gasteiger charge is 2.18. The zero-order valence-electron chi connectivity index (χ0n) is 13.5. The van der Waals surface area contributed by atoms with Gasteiger partial charge in [0.05, 0.1) is 12.8 Å². The largest absolute Gasteiger partial charge is 0.494 e. The first kappa shape index (κ1) is 15.6. The Hall–Kier alpha value is -2.30. The Morgan fingerprint density at radius 3 is 2.70 bits per heavy atom. The molecule has 0 spiro atoms. The third-order valence-electron chi connectivity index (χ3n) is 4.01. The van der Waals surface area contributed by atoms with Crippen molar-refractivity contribution in [2.45, 2.75) is 32.6 Å². The minimum Gasteiger partial charge on any atom is -0.494 e. The minimum atomic E-state index is 0.198. The SMILES string of the molecule is CCOc1ccc(-c2cnc(CCC(=O)N3CCCC3)o2)cc1. The number of oxazole rings is 1. The van der Waals surface area contributed by atoms with Gasteiger partial charge in [0.25, 0.3) is 0 Å². The maximum Gasteiger partial charge on any atom is 0.223 e. The molecule has 5 nitrogen and oxygen atoms in total. The van der Waals surface area contributed by atoms with E-state index in [4.69, 9.17) is 9.15 Å². The predicted octanol–water partition coefficient (Wildman–Crippen LogP) is 3.30. The van der Waals surface area contributed by atoms with E-state index in [1.54, 1.807) is 6.20 Å². The molecule has 0 atom stereocenters. The Labute approximate surface area is 136 Å². The number of aromatic nitrogens is 1. The van der Waals surface area contributed by atoms with Crippen molar-refractivity contribution < 1.29 is 13.9 Å². The van der Waals surface area contributed by atoms with E-state index in [9.17, 15) is 4.79 Å². The molecule has 0 saturated carbocycles. The van der Waals surface area contributed by atoms with E-state index in [1.165, 1.54) is 0 Å². The highest BCUT2D eigenvalue weighted by atomic mass is 16.5. The van der Waals surface area contributed by atoms with Gasteiger partial charge in [-0.3, -0.25) is 4.79 Å². The van der Waals surface area contributed by atoms with Gasteiger partial charge >= 0.3 is 0 Å². The van der Waals surface area contributed by atoms with Crippen LogP contribution in [0.15, 0.2) is 34.9 Å². The summed E-state index contributed by atoms with van der Waals surface area (Å²) in [6.07, 6.45) is 4.96. The third kappa shape index (κ3) is 3.92. The minimum absolute atomic E-state index is 0.198. The van der Waals surface area contributed by atoms with Gasteiger partial charge in [-0.2, -0.15) is 0 Å². The van der Waals surface area contributed by atoms with E-state index < -0.39 is 0 Å². The Bertz CT molecular complexity index is 643. The van der Waals surface area contributed by atoms with Crippen LogP contribution in [0.2, 0.25) is 0 Å². The van der Waals surface area contributed by atoms with E-state index >= 15 is 0 Å². The lowest BCUT2D eigenvalue weighted by Gasteiger charge is -2.14. The summed E-state index contributed by atoms with van der Waals surface area (Å²) in [5.74, 6) is 2.37. The average Bonchev–Trinajstić information content (AvgIpc) is 3.25. The van der Waals surface area contributed by atoms with Crippen molar-refractivity contribution >= 4 is 5.91 Å². The molecule has 23 heavy (non-hydrogen) atoms. The zero-order chi connectivity index (χ0) is 16.1. The molecule has 1 amide bonds. The Kier molecular flexibility index (Phi) is 4.95. The Balaban J connectivity index is 1.58. The number of benzene rings is 1. The number of hydrogen-bond donors (Lipinski definition) is 0. The standard InChI is InChI=1S/C18H22N2O3/c1-2-22-15-7-5-14(6-8-15)16-13-19-17(23-16)9-10-18(21)20-11-3-4-12-20/h5-8,13H,2-4,9-12H2,1H3. The number of likely N-dealkylation sites (tertiary alicyclic amines) is 1. The quantitative estimate of drug-likeness (QED) is 0.821. The summed E-state index contributed by atoms with van der Waals surface area (Å²) in [5, 5.41) is 0. The molecule has 2 aromatic rings. The topological polar surface area (TPSA) is 55.6 Å². The molecule has 5 heteroatoms. The van der Waals surface area contributed by atoms with Gasteiger partial charge in [0.2, 0.25) is 5.91 Å². The van der Waals surface area contributed by atoms with Gasteiger partial charge in [0, 0.05) is 31.5 Å². The Morgan fingerprint density at radius 2 is 2.00 bits per heavy atom. The fraction of sp³-hybridized carbons (Fsp3) is 0.444. The summed E-state index contributed by atoms with van der Waals surface area (Å²) in [7, 11) is 0. The lowest BCUT2D eigenvalue weighted by molar-refractivity contribution is -0.130. The second-order valence-corrected chi connectivity index (χ2v) is 5.66. The second-order valence-electron chi connectivity index (χ2n) is 5.66. The van der Waals surface area contributed by atoms with Gasteiger partial charge in [-0.1, -0.05) is 0 Å². The molecule has 1 fully saturated rings. The van der Waals surface area contributed by atoms with Crippen LogP contribution in [-0.4, -0.2) is 35.5 Å². The molecule has 122 valence electrons. The van der Waals surface area contributed by atoms with Crippen molar-refractivity contribution in [1.29, 1.82) is 0 Å². The number of ether oxygens (including phenoxy) is 1. The maximum atomic E-state index is 12.0. The van der Waals surface area contributed by atoms with Crippen LogP contribution in [0, 0.1) is 0 Å². The molecule has 1 aliphatic rings. The van der Waals surface area contributed by atoms with Crippen LogP contribution in [0.4, 0.5) is 0 Å². The number of amides is 1. The van der Waals surface area contributed by atoms with E-state index in [-0.39, 0.29) is 5.91 Å². The van der Waals surface area contributed by atoms with Gasteiger partial charge in [-0.05, 0) is 44.0 Å².